The van der Waals surface area contributed by atoms with E-state index in [4.69, 9.17) is 4.74 Å². The number of carbonyl (C=O) groups is 2. The Balaban J connectivity index is 1.50. The van der Waals surface area contributed by atoms with Crippen LogP contribution in [0, 0.1) is 0 Å². The second-order valence-corrected chi connectivity index (χ2v) is 6.59. The minimum Gasteiger partial charge on any atom is -0.375 e. The minimum absolute atomic E-state index is 0.0442. The largest absolute Gasteiger partial charge is 0.375 e. The molecule has 1 aromatic rings. The quantitative estimate of drug-likeness (QED) is 0.820. The molecule has 1 aromatic carbocycles. The summed E-state index contributed by atoms with van der Waals surface area (Å²) in [5, 5.41) is 5.41. The fourth-order valence-electron chi connectivity index (χ4n) is 3.26. The van der Waals surface area contributed by atoms with Crippen molar-refractivity contribution in [2.45, 2.75) is 38.2 Å². The van der Waals surface area contributed by atoms with E-state index in [0.717, 1.165) is 19.3 Å². The van der Waals surface area contributed by atoms with Crippen LogP contribution < -0.4 is 0 Å². The average molecular weight is 343 g/mol. The van der Waals surface area contributed by atoms with Gasteiger partial charge in [-0.2, -0.15) is 5.10 Å². The van der Waals surface area contributed by atoms with E-state index >= 15 is 0 Å². The zero-order valence-corrected chi connectivity index (χ0v) is 14.7. The smallest absolute Gasteiger partial charge is 0.270 e. The fraction of sp³-hybridized carbons (Fsp3) is 0.526. The van der Waals surface area contributed by atoms with E-state index < -0.39 is 0 Å². The van der Waals surface area contributed by atoms with Crippen molar-refractivity contribution < 1.29 is 14.3 Å². The maximum Gasteiger partial charge on any atom is 0.270 e. The first-order chi connectivity index (χ1) is 12.1. The van der Waals surface area contributed by atoms with Gasteiger partial charge in [-0.15, -0.1) is 0 Å². The number of aryl methyl sites for hydroxylation is 1. The normalized spacial score (nSPS) is 21.2. The molecule has 0 unspecified atom stereocenters. The topological polar surface area (TPSA) is 62.2 Å². The summed E-state index contributed by atoms with van der Waals surface area (Å²) in [5.74, 6) is -0.104. The molecule has 0 saturated carbocycles. The van der Waals surface area contributed by atoms with Crippen molar-refractivity contribution in [2.75, 3.05) is 26.7 Å². The first-order valence-electron chi connectivity index (χ1n) is 8.92. The number of morpholine rings is 1. The monoisotopic (exact) mass is 343 g/mol. The van der Waals surface area contributed by atoms with Gasteiger partial charge in [0.25, 0.3) is 5.91 Å². The minimum atomic E-state index is -0.0595. The van der Waals surface area contributed by atoms with Gasteiger partial charge in [0.15, 0.2) is 0 Å². The van der Waals surface area contributed by atoms with Crippen LogP contribution in [0.1, 0.15) is 31.2 Å². The van der Waals surface area contributed by atoms with Crippen molar-refractivity contribution in [2.24, 2.45) is 5.10 Å². The molecule has 6 nitrogen and oxygen atoms in total. The van der Waals surface area contributed by atoms with Gasteiger partial charge in [-0.1, -0.05) is 30.3 Å². The number of benzene rings is 1. The van der Waals surface area contributed by atoms with E-state index in [1.807, 2.05) is 11.0 Å². The highest BCUT2D eigenvalue weighted by atomic mass is 16.5. The van der Waals surface area contributed by atoms with Crippen molar-refractivity contribution >= 4 is 17.5 Å². The zero-order valence-electron chi connectivity index (χ0n) is 14.7. The van der Waals surface area contributed by atoms with Gasteiger partial charge in [-0.05, 0) is 24.8 Å². The number of ether oxygens (including phenoxy) is 1. The molecule has 25 heavy (non-hydrogen) atoms. The van der Waals surface area contributed by atoms with Crippen molar-refractivity contribution in [3.8, 4) is 0 Å². The van der Waals surface area contributed by atoms with Crippen LogP contribution in [0.4, 0.5) is 0 Å². The van der Waals surface area contributed by atoms with Crippen LogP contribution in [0.15, 0.2) is 35.4 Å². The third-order valence-electron chi connectivity index (χ3n) is 4.71. The summed E-state index contributed by atoms with van der Waals surface area (Å²) >= 11 is 0. The molecule has 0 N–H and O–H groups in total. The number of carbonyl (C=O) groups excluding carboxylic acids is 2. The highest BCUT2D eigenvalue weighted by Gasteiger charge is 2.29. The summed E-state index contributed by atoms with van der Waals surface area (Å²) in [5.41, 5.74) is 1.81. The summed E-state index contributed by atoms with van der Waals surface area (Å²) in [6.45, 7) is 1.75. The van der Waals surface area contributed by atoms with Gasteiger partial charge >= 0.3 is 0 Å². The Bertz CT molecular complexity index is 645. The number of hydrazone groups is 1. The van der Waals surface area contributed by atoms with Crippen molar-refractivity contribution in [3.05, 3.63) is 35.9 Å². The Kier molecular flexibility index (Phi) is 5.81. The summed E-state index contributed by atoms with van der Waals surface area (Å²) in [7, 11) is 1.60. The lowest BCUT2D eigenvalue weighted by molar-refractivity contribution is -0.133. The van der Waals surface area contributed by atoms with E-state index in [9.17, 15) is 9.59 Å². The van der Waals surface area contributed by atoms with E-state index in [1.54, 1.807) is 7.05 Å². The molecule has 0 aliphatic carbocycles. The molecule has 1 saturated heterocycles. The number of amides is 2. The van der Waals surface area contributed by atoms with E-state index in [1.165, 1.54) is 10.6 Å². The van der Waals surface area contributed by atoms with E-state index in [-0.39, 0.29) is 17.9 Å². The molecule has 0 spiro atoms. The van der Waals surface area contributed by atoms with Gasteiger partial charge in [-0.25, -0.2) is 5.01 Å². The highest BCUT2D eigenvalue weighted by molar-refractivity contribution is 6.39. The fourth-order valence-corrected chi connectivity index (χ4v) is 3.26. The van der Waals surface area contributed by atoms with Crippen LogP contribution >= 0.6 is 0 Å². The predicted molar refractivity (Wildman–Crippen MR) is 95.1 cm³/mol. The SMILES string of the molecule is CN1N=C(C(=O)N2CCO[C@@H](CCCc3ccccc3)C2)CCC1=O. The average Bonchev–Trinajstić information content (AvgIpc) is 2.64. The maximum atomic E-state index is 12.6. The van der Waals surface area contributed by atoms with Crippen molar-refractivity contribution in [3.63, 3.8) is 0 Å². The van der Waals surface area contributed by atoms with Crippen LogP contribution in [0.5, 0.6) is 0 Å². The van der Waals surface area contributed by atoms with Gasteiger partial charge in [0, 0.05) is 33.0 Å². The summed E-state index contributed by atoms with van der Waals surface area (Å²) in [4.78, 5) is 26.0. The summed E-state index contributed by atoms with van der Waals surface area (Å²) < 4.78 is 5.82. The molecular formula is C19H25N3O3. The van der Waals surface area contributed by atoms with Gasteiger partial charge in [0.1, 0.15) is 5.71 Å². The summed E-state index contributed by atoms with van der Waals surface area (Å²) in [6, 6.07) is 10.4. The first kappa shape index (κ1) is 17.6. The highest BCUT2D eigenvalue weighted by Crippen LogP contribution is 2.16. The lowest BCUT2D eigenvalue weighted by atomic mass is 10.0. The molecule has 1 fully saturated rings. The van der Waals surface area contributed by atoms with Gasteiger partial charge in [-0.3, -0.25) is 9.59 Å². The Morgan fingerprint density at radius 1 is 1.28 bits per heavy atom. The molecular weight excluding hydrogens is 318 g/mol. The molecule has 0 aromatic heterocycles. The molecule has 2 amide bonds. The van der Waals surface area contributed by atoms with Crippen LogP contribution in [0.2, 0.25) is 0 Å². The lowest BCUT2D eigenvalue weighted by Crippen LogP contribution is -2.49. The number of hydrogen-bond donors (Lipinski definition) is 0. The number of hydrogen-bond acceptors (Lipinski definition) is 4. The van der Waals surface area contributed by atoms with Crippen molar-refractivity contribution in [1.29, 1.82) is 0 Å². The molecule has 2 heterocycles. The predicted octanol–water partition coefficient (Wildman–Crippen LogP) is 1.84. The Morgan fingerprint density at radius 3 is 2.84 bits per heavy atom. The maximum absolute atomic E-state index is 12.6. The Morgan fingerprint density at radius 2 is 2.08 bits per heavy atom. The molecule has 2 aliphatic rings. The molecule has 6 heteroatoms. The standard InChI is InChI=1S/C19H25N3O3/c1-21-18(23)11-10-17(20-21)19(24)22-12-13-25-16(14-22)9-5-8-15-6-3-2-4-7-15/h2-4,6-7,16H,5,8-14H2,1H3/t16-/m0/s1. The van der Waals surface area contributed by atoms with E-state index in [2.05, 4.69) is 29.4 Å². The van der Waals surface area contributed by atoms with Crippen LogP contribution in [-0.4, -0.2) is 60.3 Å². The molecule has 0 bridgehead atoms. The molecule has 0 radical (unpaired) electrons. The number of nitrogens with zero attached hydrogens (tertiary/aromatic N) is 3. The first-order valence-corrected chi connectivity index (χ1v) is 8.92. The van der Waals surface area contributed by atoms with Gasteiger partial charge in [0.05, 0.1) is 12.7 Å². The Hall–Kier alpha value is -2.21. The molecule has 1 atom stereocenters. The van der Waals surface area contributed by atoms with Crippen molar-refractivity contribution in [1.82, 2.24) is 9.91 Å². The number of rotatable bonds is 5. The van der Waals surface area contributed by atoms with E-state index in [0.29, 0.717) is 38.2 Å². The van der Waals surface area contributed by atoms with Crippen LogP contribution in [0.25, 0.3) is 0 Å². The third kappa shape index (κ3) is 4.66. The Labute approximate surface area is 148 Å². The second-order valence-electron chi connectivity index (χ2n) is 6.59. The van der Waals surface area contributed by atoms with Crippen LogP contribution in [0.3, 0.4) is 0 Å². The molecule has 134 valence electrons. The lowest BCUT2D eigenvalue weighted by Gasteiger charge is -2.34. The second kappa shape index (κ2) is 8.25. The summed E-state index contributed by atoms with van der Waals surface area (Å²) in [6.07, 6.45) is 3.85. The molecule has 3 rings (SSSR count). The van der Waals surface area contributed by atoms with Gasteiger partial charge in [0.2, 0.25) is 5.91 Å². The van der Waals surface area contributed by atoms with Gasteiger partial charge < -0.3 is 9.64 Å². The molecule has 2 aliphatic heterocycles. The zero-order chi connectivity index (χ0) is 17.6. The van der Waals surface area contributed by atoms with Crippen LogP contribution in [-0.2, 0) is 20.7 Å². The third-order valence-corrected chi connectivity index (χ3v) is 4.71.